The molecule has 8 nitrogen and oxygen atoms in total. The van der Waals surface area contributed by atoms with E-state index >= 15 is 0 Å². The van der Waals surface area contributed by atoms with Crippen LogP contribution in [0.3, 0.4) is 0 Å². The number of ether oxygens (including phenoxy) is 1. The topological polar surface area (TPSA) is 133 Å². The second-order valence-corrected chi connectivity index (χ2v) is 6.75. The molecule has 0 radical (unpaired) electrons. The van der Waals surface area contributed by atoms with E-state index in [0.717, 1.165) is 19.2 Å². The molecule has 0 aliphatic rings. The number of benzene rings is 1. The number of hydrogen-bond donors (Lipinski definition) is 2. The SMILES string of the molecule is COC(=O)CNS(=O)(=O)c1cccc(S(N)(=O)=O)c1. The Balaban J connectivity index is 3.06. The molecule has 19 heavy (non-hydrogen) atoms. The van der Waals surface area contributed by atoms with Crippen LogP contribution in [-0.2, 0) is 29.6 Å². The third-order valence-corrected chi connectivity index (χ3v) is 4.39. The Morgan fingerprint density at radius 2 is 1.84 bits per heavy atom. The van der Waals surface area contributed by atoms with Crippen LogP contribution in [0, 0.1) is 0 Å². The molecular formula is C9H12N2O6S2. The molecule has 0 unspecified atom stereocenters. The first-order chi connectivity index (χ1) is 8.66. The molecule has 0 spiro atoms. The van der Waals surface area contributed by atoms with E-state index in [4.69, 9.17) is 5.14 Å². The smallest absolute Gasteiger partial charge is 0.320 e. The fourth-order valence-corrected chi connectivity index (χ4v) is 2.78. The summed E-state index contributed by atoms with van der Waals surface area (Å²) in [5.74, 6) is -0.772. The molecule has 106 valence electrons. The normalized spacial score (nSPS) is 12.1. The van der Waals surface area contributed by atoms with Crippen molar-refractivity contribution < 1.29 is 26.4 Å². The summed E-state index contributed by atoms with van der Waals surface area (Å²) in [7, 11) is -6.92. The van der Waals surface area contributed by atoms with Crippen molar-refractivity contribution in [1.82, 2.24) is 4.72 Å². The minimum Gasteiger partial charge on any atom is -0.468 e. The summed E-state index contributed by atoms with van der Waals surface area (Å²) in [5, 5.41) is 4.90. The number of primary sulfonamides is 1. The summed E-state index contributed by atoms with van der Waals surface area (Å²) < 4.78 is 52.0. The Kier molecular flexibility index (Phi) is 4.63. The summed E-state index contributed by atoms with van der Waals surface area (Å²) in [5.41, 5.74) is 0. The van der Waals surface area contributed by atoms with Gasteiger partial charge in [-0.05, 0) is 18.2 Å². The second-order valence-electron chi connectivity index (χ2n) is 3.42. The maximum absolute atomic E-state index is 11.8. The van der Waals surface area contributed by atoms with Crippen molar-refractivity contribution in [1.29, 1.82) is 0 Å². The van der Waals surface area contributed by atoms with Crippen LogP contribution in [0.15, 0.2) is 34.1 Å². The Morgan fingerprint density at radius 1 is 1.26 bits per heavy atom. The molecule has 0 atom stereocenters. The van der Waals surface area contributed by atoms with Gasteiger partial charge in [-0.1, -0.05) is 6.07 Å². The fraction of sp³-hybridized carbons (Fsp3) is 0.222. The number of carbonyl (C=O) groups excluding carboxylic acids is 1. The number of hydrogen-bond acceptors (Lipinski definition) is 6. The third kappa shape index (κ3) is 4.28. The maximum atomic E-state index is 11.8. The predicted octanol–water partition coefficient (Wildman–Crippen LogP) is -1.21. The average molecular weight is 308 g/mol. The summed E-state index contributed by atoms with van der Waals surface area (Å²) in [6.07, 6.45) is 0. The van der Waals surface area contributed by atoms with Gasteiger partial charge in [-0.15, -0.1) is 0 Å². The lowest BCUT2D eigenvalue weighted by molar-refractivity contribution is -0.139. The van der Waals surface area contributed by atoms with Gasteiger partial charge in [0.2, 0.25) is 20.0 Å². The number of esters is 1. The van der Waals surface area contributed by atoms with Crippen molar-refractivity contribution in [2.45, 2.75) is 9.79 Å². The third-order valence-electron chi connectivity index (χ3n) is 2.08. The van der Waals surface area contributed by atoms with Crippen LogP contribution in [0.5, 0.6) is 0 Å². The van der Waals surface area contributed by atoms with Gasteiger partial charge in [0.1, 0.15) is 6.54 Å². The Hall–Kier alpha value is -1.49. The molecule has 0 saturated heterocycles. The van der Waals surface area contributed by atoms with Crippen LogP contribution in [0.1, 0.15) is 0 Å². The van der Waals surface area contributed by atoms with Crippen LogP contribution >= 0.6 is 0 Å². The highest BCUT2D eigenvalue weighted by Gasteiger charge is 2.18. The first-order valence-electron chi connectivity index (χ1n) is 4.86. The standard InChI is InChI=1S/C9H12N2O6S2/c1-17-9(12)6-11-19(15,16)8-4-2-3-7(5-8)18(10,13)14/h2-5,11H,6H2,1H3,(H2,10,13,14). The van der Waals surface area contributed by atoms with Crippen molar-refractivity contribution in [2.75, 3.05) is 13.7 Å². The van der Waals surface area contributed by atoms with Crippen molar-refractivity contribution in [3.05, 3.63) is 24.3 Å². The fourth-order valence-electron chi connectivity index (χ4n) is 1.13. The quantitative estimate of drug-likeness (QED) is 0.655. The number of nitrogens with two attached hydrogens (primary N) is 1. The van der Waals surface area contributed by atoms with E-state index in [9.17, 15) is 21.6 Å². The molecule has 0 bridgehead atoms. The highest BCUT2D eigenvalue weighted by atomic mass is 32.2. The molecule has 0 aliphatic heterocycles. The van der Waals surface area contributed by atoms with E-state index in [1.165, 1.54) is 12.1 Å². The lowest BCUT2D eigenvalue weighted by Gasteiger charge is -2.06. The van der Waals surface area contributed by atoms with Crippen LogP contribution in [-0.4, -0.2) is 36.5 Å². The van der Waals surface area contributed by atoms with E-state index in [0.29, 0.717) is 0 Å². The van der Waals surface area contributed by atoms with Crippen molar-refractivity contribution in [3.63, 3.8) is 0 Å². The highest BCUT2D eigenvalue weighted by molar-refractivity contribution is 7.90. The zero-order valence-electron chi connectivity index (χ0n) is 9.86. The van der Waals surface area contributed by atoms with Crippen LogP contribution in [0.4, 0.5) is 0 Å². The van der Waals surface area contributed by atoms with Crippen LogP contribution < -0.4 is 9.86 Å². The number of methoxy groups -OCH3 is 1. The minimum atomic E-state index is -4.02. The molecule has 3 N–H and O–H groups in total. The molecule has 0 heterocycles. The van der Waals surface area contributed by atoms with Gasteiger partial charge in [0.15, 0.2) is 0 Å². The Bertz CT molecular complexity index is 680. The number of nitrogens with one attached hydrogen (secondary N) is 1. The zero-order chi connectivity index (χ0) is 14.7. The van der Waals surface area contributed by atoms with Gasteiger partial charge in [-0.3, -0.25) is 4.79 Å². The summed E-state index contributed by atoms with van der Waals surface area (Å²) >= 11 is 0. The first kappa shape index (κ1) is 15.6. The van der Waals surface area contributed by atoms with Gasteiger partial charge >= 0.3 is 5.97 Å². The van der Waals surface area contributed by atoms with Gasteiger partial charge in [0, 0.05) is 0 Å². The van der Waals surface area contributed by atoms with E-state index in [1.807, 2.05) is 4.72 Å². The molecule has 1 aromatic rings. The Morgan fingerprint density at radius 3 is 2.37 bits per heavy atom. The van der Waals surface area contributed by atoms with E-state index in [2.05, 4.69) is 4.74 Å². The van der Waals surface area contributed by atoms with E-state index in [1.54, 1.807) is 0 Å². The monoisotopic (exact) mass is 308 g/mol. The number of rotatable bonds is 5. The summed E-state index contributed by atoms with van der Waals surface area (Å²) in [6.45, 7) is -0.557. The maximum Gasteiger partial charge on any atom is 0.320 e. The van der Waals surface area contributed by atoms with Crippen molar-refractivity contribution >= 4 is 26.0 Å². The van der Waals surface area contributed by atoms with Crippen molar-refractivity contribution in [2.24, 2.45) is 5.14 Å². The van der Waals surface area contributed by atoms with Crippen LogP contribution in [0.2, 0.25) is 0 Å². The summed E-state index contributed by atoms with van der Waals surface area (Å²) in [4.78, 5) is 10.2. The molecule has 0 amide bonds. The molecule has 0 aliphatic carbocycles. The molecular weight excluding hydrogens is 296 g/mol. The van der Waals surface area contributed by atoms with Crippen molar-refractivity contribution in [3.8, 4) is 0 Å². The molecule has 10 heteroatoms. The zero-order valence-corrected chi connectivity index (χ0v) is 11.5. The molecule has 0 aromatic heterocycles. The highest BCUT2D eigenvalue weighted by Crippen LogP contribution is 2.14. The molecule has 1 rings (SSSR count). The summed E-state index contributed by atoms with van der Waals surface area (Å²) in [6, 6.07) is 4.46. The predicted molar refractivity (Wildman–Crippen MR) is 65.0 cm³/mol. The minimum absolute atomic E-state index is 0.317. The average Bonchev–Trinajstić information content (AvgIpc) is 2.35. The molecule has 1 aromatic carbocycles. The van der Waals surface area contributed by atoms with Crippen LogP contribution in [0.25, 0.3) is 0 Å². The van der Waals surface area contributed by atoms with Gasteiger partial charge < -0.3 is 4.74 Å². The van der Waals surface area contributed by atoms with E-state index < -0.39 is 32.6 Å². The lowest BCUT2D eigenvalue weighted by Crippen LogP contribution is -2.30. The van der Waals surface area contributed by atoms with Gasteiger partial charge in [-0.2, -0.15) is 4.72 Å². The number of carbonyl (C=O) groups is 1. The lowest BCUT2D eigenvalue weighted by atomic mass is 10.4. The van der Waals surface area contributed by atoms with Gasteiger partial charge in [0.05, 0.1) is 16.9 Å². The number of sulfonamides is 2. The largest absolute Gasteiger partial charge is 0.468 e. The molecule has 0 fully saturated rings. The Labute approximate surface area is 110 Å². The molecule has 0 saturated carbocycles. The van der Waals surface area contributed by atoms with Gasteiger partial charge in [0.25, 0.3) is 0 Å². The van der Waals surface area contributed by atoms with Gasteiger partial charge in [-0.25, -0.2) is 22.0 Å². The second kappa shape index (κ2) is 5.65. The van der Waals surface area contributed by atoms with E-state index in [-0.39, 0.29) is 9.79 Å². The first-order valence-corrected chi connectivity index (χ1v) is 7.89.